The summed E-state index contributed by atoms with van der Waals surface area (Å²) >= 11 is 0. The number of aryl methyl sites for hydroxylation is 1. The van der Waals surface area contributed by atoms with E-state index in [1.807, 2.05) is 31.2 Å². The lowest BCUT2D eigenvalue weighted by molar-refractivity contribution is 0.0992. The molecule has 0 aliphatic heterocycles. The summed E-state index contributed by atoms with van der Waals surface area (Å²) in [6.07, 6.45) is 0.815. The second kappa shape index (κ2) is 5.57. The summed E-state index contributed by atoms with van der Waals surface area (Å²) in [5.74, 6) is 0.0870. The third-order valence-electron chi connectivity index (χ3n) is 3.15. The number of phenolic OH excluding ortho intramolecular Hbond substituents is 1. The Kier molecular flexibility index (Phi) is 3.85. The Morgan fingerprint density at radius 3 is 2.58 bits per heavy atom. The van der Waals surface area contributed by atoms with Gasteiger partial charge in [-0.05, 0) is 30.2 Å². The topological polar surface area (TPSA) is 40.5 Å². The monoisotopic (exact) mass is 255 g/mol. The van der Waals surface area contributed by atoms with Crippen LogP contribution in [-0.4, -0.2) is 18.1 Å². The molecule has 0 aliphatic rings. The van der Waals surface area contributed by atoms with Crippen molar-refractivity contribution in [2.75, 3.05) is 11.9 Å². The lowest BCUT2D eigenvalue weighted by Crippen LogP contribution is -2.27. The van der Waals surface area contributed by atoms with E-state index in [9.17, 15) is 9.90 Å². The van der Waals surface area contributed by atoms with Crippen LogP contribution in [0, 0.1) is 0 Å². The lowest BCUT2D eigenvalue weighted by atomic mass is 10.0. The Hall–Kier alpha value is -2.29. The summed E-state index contributed by atoms with van der Waals surface area (Å²) in [7, 11) is 1.71. The Morgan fingerprint density at radius 2 is 1.89 bits per heavy atom. The Bertz CT molecular complexity index is 593. The molecule has 2 aromatic carbocycles. The smallest absolute Gasteiger partial charge is 0.258 e. The first kappa shape index (κ1) is 13.1. The number of anilines is 1. The van der Waals surface area contributed by atoms with Crippen LogP contribution in [0.1, 0.15) is 22.8 Å². The Labute approximate surface area is 113 Å². The van der Waals surface area contributed by atoms with Gasteiger partial charge in [0.1, 0.15) is 5.75 Å². The average Bonchev–Trinajstić information content (AvgIpc) is 2.45. The van der Waals surface area contributed by atoms with Crippen molar-refractivity contribution in [3.8, 4) is 5.75 Å². The molecule has 0 heterocycles. The molecule has 3 heteroatoms. The highest BCUT2D eigenvalue weighted by molar-refractivity contribution is 6.06. The van der Waals surface area contributed by atoms with Crippen LogP contribution in [0.15, 0.2) is 48.5 Å². The molecule has 0 unspecified atom stereocenters. The number of rotatable bonds is 3. The van der Waals surface area contributed by atoms with Crippen molar-refractivity contribution in [2.24, 2.45) is 0 Å². The Balaban J connectivity index is 2.33. The van der Waals surface area contributed by atoms with Gasteiger partial charge in [0.25, 0.3) is 5.91 Å². The van der Waals surface area contributed by atoms with Crippen molar-refractivity contribution in [2.45, 2.75) is 13.3 Å². The molecular weight excluding hydrogens is 238 g/mol. The van der Waals surface area contributed by atoms with E-state index in [0.717, 1.165) is 12.0 Å². The number of hydrogen-bond donors (Lipinski definition) is 1. The molecule has 0 bridgehead atoms. The minimum absolute atomic E-state index is 0.0666. The molecule has 3 nitrogen and oxygen atoms in total. The first-order valence-electron chi connectivity index (χ1n) is 6.28. The van der Waals surface area contributed by atoms with Crippen LogP contribution in [0.3, 0.4) is 0 Å². The van der Waals surface area contributed by atoms with Crippen molar-refractivity contribution in [1.82, 2.24) is 0 Å². The van der Waals surface area contributed by atoms with Gasteiger partial charge in [-0.25, -0.2) is 0 Å². The van der Waals surface area contributed by atoms with Gasteiger partial charge in [0.2, 0.25) is 0 Å². The molecule has 0 atom stereocenters. The molecule has 19 heavy (non-hydrogen) atoms. The van der Waals surface area contributed by atoms with E-state index < -0.39 is 0 Å². The second-order valence-electron chi connectivity index (χ2n) is 4.39. The highest BCUT2D eigenvalue weighted by atomic mass is 16.3. The van der Waals surface area contributed by atoms with Gasteiger partial charge in [0.05, 0.1) is 0 Å². The molecule has 1 amide bonds. The fourth-order valence-corrected chi connectivity index (χ4v) is 2.04. The molecule has 0 aromatic heterocycles. The maximum absolute atomic E-state index is 12.5. The molecule has 0 saturated heterocycles. The number of carbonyl (C=O) groups is 1. The first-order chi connectivity index (χ1) is 9.13. The van der Waals surface area contributed by atoms with E-state index in [2.05, 4.69) is 0 Å². The molecule has 1 N–H and O–H groups in total. The molecule has 98 valence electrons. The molecular formula is C16H17NO2. The summed E-state index contributed by atoms with van der Waals surface area (Å²) in [6.45, 7) is 2.03. The van der Waals surface area contributed by atoms with Crippen LogP contribution in [-0.2, 0) is 6.42 Å². The maximum Gasteiger partial charge on any atom is 0.258 e. The second-order valence-corrected chi connectivity index (χ2v) is 4.39. The third-order valence-corrected chi connectivity index (χ3v) is 3.15. The highest BCUT2D eigenvalue weighted by Crippen LogP contribution is 2.21. The number of benzene rings is 2. The van der Waals surface area contributed by atoms with Crippen LogP contribution < -0.4 is 4.90 Å². The zero-order valence-electron chi connectivity index (χ0n) is 11.1. The summed E-state index contributed by atoms with van der Waals surface area (Å²) in [5.41, 5.74) is 2.41. The predicted molar refractivity (Wildman–Crippen MR) is 76.7 cm³/mol. The number of amides is 1. The van der Waals surface area contributed by atoms with Crippen molar-refractivity contribution < 1.29 is 9.90 Å². The van der Waals surface area contributed by atoms with Crippen molar-refractivity contribution >= 4 is 11.6 Å². The van der Waals surface area contributed by atoms with E-state index in [0.29, 0.717) is 11.3 Å². The largest absolute Gasteiger partial charge is 0.508 e. The molecule has 0 spiro atoms. The van der Waals surface area contributed by atoms with Gasteiger partial charge in [0, 0.05) is 24.4 Å². The maximum atomic E-state index is 12.5. The molecule has 0 radical (unpaired) electrons. The average molecular weight is 255 g/mol. The molecule has 0 fully saturated rings. The van der Waals surface area contributed by atoms with Crippen molar-refractivity contribution in [3.05, 3.63) is 59.7 Å². The van der Waals surface area contributed by atoms with Gasteiger partial charge in [-0.3, -0.25) is 4.79 Å². The van der Waals surface area contributed by atoms with Crippen LogP contribution in [0.2, 0.25) is 0 Å². The van der Waals surface area contributed by atoms with E-state index in [-0.39, 0.29) is 11.7 Å². The van der Waals surface area contributed by atoms with Gasteiger partial charge >= 0.3 is 0 Å². The Morgan fingerprint density at radius 1 is 1.16 bits per heavy atom. The zero-order chi connectivity index (χ0) is 13.8. The van der Waals surface area contributed by atoms with Gasteiger partial charge in [-0.15, -0.1) is 0 Å². The number of hydrogen-bond acceptors (Lipinski definition) is 2. The van der Waals surface area contributed by atoms with Gasteiger partial charge < -0.3 is 10.0 Å². The van der Waals surface area contributed by atoms with Gasteiger partial charge in [-0.2, -0.15) is 0 Å². The minimum Gasteiger partial charge on any atom is -0.508 e. The summed E-state index contributed by atoms with van der Waals surface area (Å²) in [6, 6.07) is 14.3. The quantitative estimate of drug-likeness (QED) is 0.914. The van der Waals surface area contributed by atoms with Gasteiger partial charge in [0.15, 0.2) is 0 Å². The number of aromatic hydroxyl groups is 1. The normalized spacial score (nSPS) is 10.2. The predicted octanol–water partition coefficient (Wildman–Crippen LogP) is 3.23. The zero-order valence-corrected chi connectivity index (χ0v) is 11.1. The summed E-state index contributed by atoms with van der Waals surface area (Å²) in [4.78, 5) is 14.0. The van der Waals surface area contributed by atoms with Gasteiger partial charge in [-0.1, -0.05) is 31.2 Å². The standard InChI is InChI=1S/C16H17NO2/c1-3-12-7-4-5-10-15(12)16(19)17(2)13-8-6-9-14(18)11-13/h4-11,18H,3H2,1-2H3. The molecule has 0 saturated carbocycles. The fourth-order valence-electron chi connectivity index (χ4n) is 2.04. The number of phenols is 1. The van der Waals surface area contributed by atoms with E-state index in [1.54, 1.807) is 36.2 Å². The first-order valence-corrected chi connectivity index (χ1v) is 6.28. The third kappa shape index (κ3) is 2.76. The van der Waals surface area contributed by atoms with Crippen molar-refractivity contribution in [1.29, 1.82) is 0 Å². The van der Waals surface area contributed by atoms with Crippen molar-refractivity contribution in [3.63, 3.8) is 0 Å². The lowest BCUT2D eigenvalue weighted by Gasteiger charge is -2.19. The van der Waals surface area contributed by atoms with Crippen LogP contribution in [0.4, 0.5) is 5.69 Å². The highest BCUT2D eigenvalue weighted by Gasteiger charge is 2.16. The fraction of sp³-hybridized carbons (Fsp3) is 0.188. The van der Waals surface area contributed by atoms with Crippen LogP contribution in [0.5, 0.6) is 5.75 Å². The van der Waals surface area contributed by atoms with E-state index in [1.165, 1.54) is 0 Å². The molecule has 0 aliphatic carbocycles. The SMILES string of the molecule is CCc1ccccc1C(=O)N(C)c1cccc(O)c1. The summed E-state index contributed by atoms with van der Waals surface area (Å²) in [5, 5.41) is 9.48. The number of carbonyl (C=O) groups excluding carboxylic acids is 1. The van der Waals surface area contributed by atoms with Crippen LogP contribution >= 0.6 is 0 Å². The molecule has 2 aromatic rings. The number of nitrogens with zero attached hydrogens (tertiary/aromatic N) is 1. The van der Waals surface area contributed by atoms with E-state index >= 15 is 0 Å². The summed E-state index contributed by atoms with van der Waals surface area (Å²) < 4.78 is 0. The molecule has 2 rings (SSSR count). The van der Waals surface area contributed by atoms with E-state index in [4.69, 9.17) is 0 Å². The van der Waals surface area contributed by atoms with Crippen LogP contribution in [0.25, 0.3) is 0 Å². The minimum atomic E-state index is -0.0666.